The molecule has 10 N–H and O–H groups in total. The van der Waals surface area contributed by atoms with Crippen LogP contribution in [0.2, 0.25) is 0 Å². The van der Waals surface area contributed by atoms with Gasteiger partial charge in [0.05, 0.1) is 87.5 Å². The lowest BCUT2D eigenvalue weighted by atomic mass is 9.89. The Morgan fingerprint density at radius 3 is 0.835 bits per heavy atom. The normalized spacial score (nSPS) is 12.1. The van der Waals surface area contributed by atoms with E-state index in [2.05, 4.69) is 0 Å². The smallest absolute Gasteiger partial charge is 0.254 e. The van der Waals surface area contributed by atoms with Crippen molar-refractivity contribution in [3.8, 4) is 0 Å². The Hall–Kier alpha value is -5.14. The summed E-state index contributed by atoms with van der Waals surface area (Å²) in [5.74, 6) is -1.82. The summed E-state index contributed by atoms with van der Waals surface area (Å²) in [5, 5.41) is 97.9. The molecule has 6 unspecified atom stereocenters. The minimum Gasteiger partial charge on any atom is -0.394 e. The van der Waals surface area contributed by atoms with Crippen LogP contribution in [0.25, 0.3) is 0 Å². The third kappa shape index (κ3) is 26.8. The zero-order valence-corrected chi connectivity index (χ0v) is 52.4. The van der Waals surface area contributed by atoms with Crippen LogP contribution in [0.1, 0.15) is 153 Å². The van der Waals surface area contributed by atoms with Crippen molar-refractivity contribution in [2.45, 2.75) is 168 Å². The van der Waals surface area contributed by atoms with E-state index >= 15 is 0 Å². The van der Waals surface area contributed by atoms with Crippen molar-refractivity contribution in [1.29, 1.82) is 0 Å². The Balaban J connectivity index is -0.000000548. The van der Waals surface area contributed by atoms with E-state index in [1.165, 1.54) is 58.8 Å². The molecule has 2 aromatic carbocycles. The van der Waals surface area contributed by atoms with Crippen LogP contribution in [-0.4, -0.2) is 238 Å². The first kappa shape index (κ1) is 85.1. The van der Waals surface area contributed by atoms with Crippen LogP contribution in [0.5, 0.6) is 0 Å². The van der Waals surface area contributed by atoms with Crippen molar-refractivity contribution < 1.29 is 79.8 Å². The van der Waals surface area contributed by atoms with E-state index in [1.807, 2.05) is 83.1 Å². The molecule has 22 heteroatoms. The van der Waals surface area contributed by atoms with Gasteiger partial charge >= 0.3 is 0 Å². The maximum absolute atomic E-state index is 13.9. The summed E-state index contributed by atoms with van der Waals surface area (Å²) in [6.07, 6.45) is -6.61. The molecular weight excluding hydrogens is 1020 g/mol. The summed E-state index contributed by atoms with van der Waals surface area (Å²) in [6.45, 7) is 31.6. The van der Waals surface area contributed by atoms with E-state index in [0.29, 0.717) is 47.2 Å². The Morgan fingerprint density at radius 1 is 0.354 bits per heavy atom. The number of carbonyl (C=O) groups is 6. The van der Waals surface area contributed by atoms with E-state index in [-0.39, 0.29) is 71.9 Å². The number of anilines is 2. The first-order valence-electron chi connectivity index (χ1n) is 27.4. The SMILES string of the molecule is CC.CC.CC.CC.CC.CC.CN(C=O)CC(O)CO.Cc1c(C)c(C(=O)N(C)CC(O)CO)c(C)c(N(C=O)CC(O)C(O)CN(C=O)c2c(C)c(C(=O)N(C)CC(O)CO)c(C)c(C(=O)N(C)CC(O)CO)c2C)c1C. The summed E-state index contributed by atoms with van der Waals surface area (Å²) in [5.41, 5.74) is 3.42. The minimum absolute atomic E-state index is 0.0238. The number of hydrogen-bond acceptors (Lipinski definition) is 16. The molecule has 0 fully saturated rings. The molecule has 0 saturated heterocycles. The fourth-order valence-electron chi connectivity index (χ4n) is 7.75. The molecule has 22 nitrogen and oxygen atoms in total. The van der Waals surface area contributed by atoms with Gasteiger partial charge in [0.2, 0.25) is 19.2 Å². The second-order valence-electron chi connectivity index (χ2n) is 16.8. The Kier molecular flexibility index (Phi) is 51.4. The quantitative estimate of drug-likeness (QED) is 0.0639. The maximum atomic E-state index is 13.9. The molecule has 2 aromatic rings. The number of hydrogen-bond donors (Lipinski definition) is 10. The molecule has 79 heavy (non-hydrogen) atoms. The molecule has 0 aliphatic carbocycles. The second kappa shape index (κ2) is 47.6. The van der Waals surface area contributed by atoms with Crippen LogP contribution < -0.4 is 9.80 Å². The summed E-state index contributed by atoms with van der Waals surface area (Å²) < 4.78 is 0. The summed E-state index contributed by atoms with van der Waals surface area (Å²) in [7, 11) is 5.74. The van der Waals surface area contributed by atoms with E-state index in [1.54, 1.807) is 27.7 Å². The number of carbonyl (C=O) groups excluding carboxylic acids is 6. The third-order valence-electron chi connectivity index (χ3n) is 11.5. The van der Waals surface area contributed by atoms with Crippen molar-refractivity contribution in [1.82, 2.24) is 19.6 Å². The maximum Gasteiger partial charge on any atom is 0.254 e. The van der Waals surface area contributed by atoms with E-state index in [4.69, 9.17) is 10.2 Å². The first-order chi connectivity index (χ1) is 37.3. The molecule has 0 saturated carbocycles. The highest BCUT2D eigenvalue weighted by molar-refractivity contribution is 6.07. The minimum atomic E-state index is -1.73. The largest absolute Gasteiger partial charge is 0.394 e. The van der Waals surface area contributed by atoms with Crippen LogP contribution in [0, 0.1) is 48.5 Å². The van der Waals surface area contributed by atoms with Crippen molar-refractivity contribution in [3.05, 3.63) is 55.6 Å². The number of nitrogens with zero attached hydrogens (tertiary/aromatic N) is 6. The molecule has 0 aromatic heterocycles. The van der Waals surface area contributed by atoms with Gasteiger partial charge in [0, 0.05) is 71.1 Å². The predicted octanol–water partition coefficient (Wildman–Crippen LogP) is 3.05. The van der Waals surface area contributed by atoms with Gasteiger partial charge in [-0.25, -0.2) is 0 Å². The Morgan fingerprint density at radius 2 is 0.595 bits per heavy atom. The standard InChI is InChI=1S/C40H61N5O13.C5H11NO3.6C2H6/c1-21-22(2)33(38(56)41(8)11-28(51)16-46)25(5)36(23(21)3)44(19-49)14-31(54)32(55)15-45(20-50)37-26(6)34(39(57)42(9)12-29(52)17-47)24(4)35(27(37)7)40(58)43(10)13-30(53)18-48;1-6(4-8)2-5(9)3-7;6*1-2/h19-20,28-32,46-48,51-55H,11-18H2,1-10H3;4-5,7,9H,2-3H2,1H3;6*1-2H3. The van der Waals surface area contributed by atoms with Crippen LogP contribution in [-0.2, 0) is 14.4 Å². The molecule has 6 amide bonds. The number of aliphatic hydroxyl groups is 10. The highest BCUT2D eigenvalue weighted by Crippen LogP contribution is 2.37. The van der Waals surface area contributed by atoms with E-state index in [0.717, 1.165) is 19.6 Å². The number of amides is 6. The number of benzene rings is 2. The van der Waals surface area contributed by atoms with Gasteiger partial charge in [0.1, 0.15) is 0 Å². The molecule has 462 valence electrons. The van der Waals surface area contributed by atoms with Gasteiger partial charge in [-0.3, -0.25) is 28.8 Å². The number of likely N-dealkylation sites (N-methyl/N-ethyl adjacent to an activating group) is 4. The van der Waals surface area contributed by atoms with Gasteiger partial charge in [-0.15, -0.1) is 0 Å². The molecule has 0 aliphatic rings. The fraction of sp³-hybridized carbons (Fsp3) is 0.684. The molecule has 6 atom stereocenters. The van der Waals surface area contributed by atoms with Crippen molar-refractivity contribution in [3.63, 3.8) is 0 Å². The molecule has 0 spiro atoms. The van der Waals surface area contributed by atoms with Gasteiger partial charge in [0.25, 0.3) is 17.7 Å². The lowest BCUT2D eigenvalue weighted by Crippen LogP contribution is -2.45. The summed E-state index contributed by atoms with van der Waals surface area (Å²) >= 11 is 0. The highest BCUT2D eigenvalue weighted by atomic mass is 16.3. The number of aliphatic hydroxyl groups excluding tert-OH is 10. The summed E-state index contributed by atoms with van der Waals surface area (Å²) in [4.78, 5) is 83.7. The van der Waals surface area contributed by atoms with Gasteiger partial charge in [-0.05, 0) is 87.4 Å². The highest BCUT2D eigenvalue weighted by Gasteiger charge is 2.33. The molecule has 0 radical (unpaired) electrons. The van der Waals surface area contributed by atoms with Gasteiger partial charge in [-0.1, -0.05) is 83.1 Å². The van der Waals surface area contributed by atoms with Crippen LogP contribution in [0.15, 0.2) is 0 Å². The molecule has 0 heterocycles. The lowest BCUT2D eigenvalue weighted by molar-refractivity contribution is -0.118. The summed E-state index contributed by atoms with van der Waals surface area (Å²) in [6, 6.07) is 0. The van der Waals surface area contributed by atoms with Gasteiger partial charge < -0.3 is 80.5 Å². The average Bonchev–Trinajstić information content (AvgIpc) is 3.46. The zero-order chi connectivity index (χ0) is 63.8. The Bertz CT molecular complexity index is 1970. The topological polar surface area (TPSA) is 324 Å². The monoisotopic (exact) mass is 1130 g/mol. The zero-order valence-electron chi connectivity index (χ0n) is 52.4. The molecular formula is C57H108N6O16. The third-order valence-corrected chi connectivity index (χ3v) is 11.5. The first-order valence-corrected chi connectivity index (χ1v) is 27.4. The van der Waals surface area contributed by atoms with Crippen LogP contribution in [0.3, 0.4) is 0 Å². The number of rotatable bonds is 25. The average molecular weight is 1130 g/mol. The van der Waals surface area contributed by atoms with Crippen LogP contribution in [0.4, 0.5) is 11.4 Å². The van der Waals surface area contributed by atoms with Gasteiger partial charge in [-0.2, -0.15) is 0 Å². The fourth-order valence-corrected chi connectivity index (χ4v) is 7.75. The Labute approximate surface area is 473 Å². The van der Waals surface area contributed by atoms with E-state index in [9.17, 15) is 69.6 Å². The van der Waals surface area contributed by atoms with Gasteiger partial charge in [0.15, 0.2) is 0 Å². The molecule has 0 aliphatic heterocycles. The predicted molar refractivity (Wildman–Crippen MR) is 315 cm³/mol. The van der Waals surface area contributed by atoms with Crippen molar-refractivity contribution in [2.75, 3.05) is 104 Å². The van der Waals surface area contributed by atoms with E-state index < -0.39 is 87.3 Å². The molecule has 0 bridgehead atoms. The van der Waals surface area contributed by atoms with Crippen LogP contribution >= 0.6 is 0 Å². The second-order valence-corrected chi connectivity index (χ2v) is 16.8. The van der Waals surface area contributed by atoms with Crippen molar-refractivity contribution in [2.24, 2.45) is 0 Å². The van der Waals surface area contributed by atoms with Crippen molar-refractivity contribution >= 4 is 48.3 Å². The molecule has 2 rings (SSSR count). The lowest BCUT2D eigenvalue weighted by Gasteiger charge is -2.33.